The Morgan fingerprint density at radius 2 is 2.09 bits per heavy atom. The normalized spacial score (nSPS) is 22.9. The molecule has 1 aliphatic rings. The first-order chi connectivity index (χ1) is 11.1. The van der Waals surface area contributed by atoms with Crippen LogP contribution in [-0.4, -0.2) is 27.2 Å². The summed E-state index contributed by atoms with van der Waals surface area (Å²) in [5, 5.41) is 4.60. The van der Waals surface area contributed by atoms with Gasteiger partial charge in [-0.1, -0.05) is 49.6 Å². The average Bonchev–Trinajstić information content (AvgIpc) is 2.92. The first-order valence-corrected chi connectivity index (χ1v) is 10.5. The molecule has 1 aromatic carbocycles. The van der Waals surface area contributed by atoms with Crippen molar-refractivity contribution in [3.63, 3.8) is 0 Å². The van der Waals surface area contributed by atoms with Gasteiger partial charge in [-0.2, -0.15) is 0 Å². The molecule has 1 heterocycles. The zero-order chi connectivity index (χ0) is 16.4. The minimum atomic E-state index is -0.881. The number of halogens is 1. The Kier molecular flexibility index (Phi) is 5.39. The molecule has 0 bridgehead atoms. The van der Waals surface area contributed by atoms with E-state index >= 15 is 0 Å². The van der Waals surface area contributed by atoms with Crippen molar-refractivity contribution < 1.29 is 9.00 Å². The lowest BCUT2D eigenvalue weighted by molar-refractivity contribution is 0.0933. The predicted molar refractivity (Wildman–Crippen MR) is 99.0 cm³/mol. The molecule has 1 aromatic heterocycles. The van der Waals surface area contributed by atoms with Crippen LogP contribution in [0.1, 0.15) is 42.3 Å². The number of carbonyl (C=O) groups is 1. The molecule has 0 aliphatic heterocycles. The minimum Gasteiger partial charge on any atom is -0.347 e. The number of carbonyl (C=O) groups excluding carboxylic acids is 1. The van der Waals surface area contributed by atoms with Crippen molar-refractivity contribution in [1.82, 2.24) is 5.32 Å². The first kappa shape index (κ1) is 16.9. The van der Waals surface area contributed by atoms with Gasteiger partial charge in [0.1, 0.15) is 4.88 Å². The molecule has 1 aliphatic carbocycles. The monoisotopic (exact) mass is 369 g/mol. The molecule has 124 valence electrons. The molecule has 1 fully saturated rings. The summed E-state index contributed by atoms with van der Waals surface area (Å²) in [6.07, 6.45) is 3.98. The highest BCUT2D eigenvalue weighted by Crippen LogP contribution is 2.35. The highest BCUT2D eigenvalue weighted by atomic mass is 35.5. The van der Waals surface area contributed by atoms with Gasteiger partial charge >= 0.3 is 0 Å². The van der Waals surface area contributed by atoms with Crippen molar-refractivity contribution in [3.05, 3.63) is 34.2 Å². The van der Waals surface area contributed by atoms with E-state index in [2.05, 4.69) is 5.32 Å². The molecular weight excluding hydrogens is 350 g/mol. The molecule has 2 aromatic rings. The standard InChI is InChI=1S/C17H20ClNO2S2/c1-2-23(21)14-10-6-4-8-12(14)19-17(20)16-15(18)11-7-3-5-9-13(11)22-16/h3,5,7,9,12,14H,2,4,6,8,10H2,1H3,(H,19,20). The third kappa shape index (κ3) is 3.47. The lowest BCUT2D eigenvalue weighted by atomic mass is 9.95. The van der Waals surface area contributed by atoms with Gasteiger partial charge in [-0.3, -0.25) is 9.00 Å². The van der Waals surface area contributed by atoms with Crippen LogP contribution in [0.15, 0.2) is 24.3 Å². The Labute approximate surface area is 147 Å². The van der Waals surface area contributed by atoms with Gasteiger partial charge in [0.05, 0.1) is 10.3 Å². The Hall–Kier alpha value is -0.910. The Balaban J connectivity index is 1.82. The number of rotatable bonds is 4. The topological polar surface area (TPSA) is 46.2 Å². The van der Waals surface area contributed by atoms with Crippen molar-refractivity contribution in [1.29, 1.82) is 0 Å². The predicted octanol–water partition coefficient (Wildman–Crippen LogP) is 4.36. The summed E-state index contributed by atoms with van der Waals surface area (Å²) >= 11 is 7.80. The highest BCUT2D eigenvalue weighted by Gasteiger charge is 2.31. The van der Waals surface area contributed by atoms with Crippen LogP contribution in [0, 0.1) is 0 Å². The summed E-state index contributed by atoms with van der Waals surface area (Å²) in [5.41, 5.74) is 0. The summed E-state index contributed by atoms with van der Waals surface area (Å²) in [5.74, 6) is 0.502. The fraction of sp³-hybridized carbons (Fsp3) is 0.471. The van der Waals surface area contributed by atoms with E-state index in [0.29, 0.717) is 15.7 Å². The van der Waals surface area contributed by atoms with Gasteiger partial charge in [-0.15, -0.1) is 11.3 Å². The van der Waals surface area contributed by atoms with Crippen molar-refractivity contribution in [2.45, 2.75) is 43.9 Å². The lowest BCUT2D eigenvalue weighted by Crippen LogP contribution is -2.47. The van der Waals surface area contributed by atoms with Gasteiger partial charge in [-0.25, -0.2) is 0 Å². The number of fused-ring (bicyclic) bond motifs is 1. The zero-order valence-corrected chi connectivity index (χ0v) is 15.4. The maximum Gasteiger partial charge on any atom is 0.263 e. The molecule has 1 saturated carbocycles. The van der Waals surface area contributed by atoms with E-state index in [0.717, 1.165) is 35.8 Å². The van der Waals surface area contributed by atoms with Crippen molar-refractivity contribution >= 4 is 49.7 Å². The molecule has 1 N–H and O–H groups in total. The van der Waals surface area contributed by atoms with Gasteiger partial charge in [0.25, 0.3) is 5.91 Å². The zero-order valence-electron chi connectivity index (χ0n) is 13.0. The van der Waals surface area contributed by atoms with Crippen molar-refractivity contribution in [3.8, 4) is 0 Å². The number of nitrogens with one attached hydrogen (secondary N) is 1. The lowest BCUT2D eigenvalue weighted by Gasteiger charge is -2.31. The maximum atomic E-state index is 12.7. The summed E-state index contributed by atoms with van der Waals surface area (Å²) in [7, 11) is -0.881. The Morgan fingerprint density at radius 1 is 1.35 bits per heavy atom. The SMILES string of the molecule is CCS(=O)C1CCCCC1NC(=O)c1sc2ccccc2c1Cl. The molecule has 0 saturated heterocycles. The third-order valence-corrected chi connectivity index (χ3v) is 7.87. The van der Waals surface area contributed by atoms with Gasteiger partial charge in [0.15, 0.2) is 0 Å². The van der Waals surface area contributed by atoms with Gasteiger partial charge in [0.2, 0.25) is 0 Å². The molecule has 23 heavy (non-hydrogen) atoms. The number of amides is 1. The number of hydrogen-bond acceptors (Lipinski definition) is 3. The number of benzene rings is 1. The fourth-order valence-electron chi connectivity index (χ4n) is 3.18. The van der Waals surface area contributed by atoms with Crippen LogP contribution in [0.3, 0.4) is 0 Å². The van der Waals surface area contributed by atoms with Crippen LogP contribution < -0.4 is 5.32 Å². The molecule has 3 nitrogen and oxygen atoms in total. The largest absolute Gasteiger partial charge is 0.347 e. The van der Waals surface area contributed by atoms with E-state index in [1.165, 1.54) is 11.3 Å². The second-order valence-electron chi connectivity index (χ2n) is 5.81. The molecule has 0 spiro atoms. The fourth-order valence-corrected chi connectivity index (χ4v) is 6.03. The van der Waals surface area contributed by atoms with E-state index in [1.54, 1.807) is 0 Å². The van der Waals surface area contributed by atoms with E-state index < -0.39 is 10.8 Å². The minimum absolute atomic E-state index is 0.0155. The van der Waals surface area contributed by atoms with Gasteiger partial charge in [0, 0.05) is 32.7 Å². The van der Waals surface area contributed by atoms with Crippen LogP contribution in [0.4, 0.5) is 0 Å². The first-order valence-electron chi connectivity index (χ1n) is 7.97. The Bertz CT molecular complexity index is 743. The molecule has 0 radical (unpaired) electrons. The summed E-state index contributed by atoms with van der Waals surface area (Å²) in [6, 6.07) is 7.75. The summed E-state index contributed by atoms with van der Waals surface area (Å²) < 4.78 is 13.3. The summed E-state index contributed by atoms with van der Waals surface area (Å²) in [4.78, 5) is 13.2. The van der Waals surface area contributed by atoms with Crippen LogP contribution in [0.25, 0.3) is 10.1 Å². The maximum absolute atomic E-state index is 12.7. The molecular formula is C17H20ClNO2S2. The molecule has 3 rings (SSSR count). The van der Waals surface area contributed by atoms with E-state index in [4.69, 9.17) is 11.6 Å². The molecule has 3 atom stereocenters. The van der Waals surface area contributed by atoms with E-state index in [-0.39, 0.29) is 17.2 Å². The summed E-state index contributed by atoms with van der Waals surface area (Å²) in [6.45, 7) is 1.94. The molecule has 1 amide bonds. The molecule has 6 heteroatoms. The van der Waals surface area contributed by atoms with E-state index in [9.17, 15) is 9.00 Å². The van der Waals surface area contributed by atoms with Crippen molar-refractivity contribution in [2.75, 3.05) is 5.75 Å². The smallest absolute Gasteiger partial charge is 0.263 e. The molecule has 3 unspecified atom stereocenters. The van der Waals surface area contributed by atoms with Crippen LogP contribution in [-0.2, 0) is 10.8 Å². The second kappa shape index (κ2) is 7.32. The Morgan fingerprint density at radius 3 is 2.83 bits per heavy atom. The van der Waals surface area contributed by atoms with Crippen LogP contribution in [0.5, 0.6) is 0 Å². The average molecular weight is 370 g/mol. The van der Waals surface area contributed by atoms with E-state index in [1.807, 2.05) is 31.2 Å². The van der Waals surface area contributed by atoms with Crippen LogP contribution in [0.2, 0.25) is 5.02 Å². The van der Waals surface area contributed by atoms with Gasteiger partial charge in [-0.05, 0) is 18.9 Å². The van der Waals surface area contributed by atoms with Crippen LogP contribution >= 0.6 is 22.9 Å². The number of hydrogen-bond donors (Lipinski definition) is 1. The highest BCUT2D eigenvalue weighted by molar-refractivity contribution is 7.85. The van der Waals surface area contributed by atoms with Crippen molar-refractivity contribution in [2.24, 2.45) is 0 Å². The number of thiophene rings is 1. The third-order valence-electron chi connectivity index (χ3n) is 4.38. The second-order valence-corrected chi connectivity index (χ2v) is 9.19. The quantitative estimate of drug-likeness (QED) is 0.870. The van der Waals surface area contributed by atoms with Gasteiger partial charge < -0.3 is 5.32 Å².